The van der Waals surface area contributed by atoms with Gasteiger partial charge in [0.15, 0.2) is 0 Å². The molecule has 25 heavy (non-hydrogen) atoms. The van der Waals surface area contributed by atoms with Crippen molar-refractivity contribution in [1.82, 2.24) is 15.8 Å². The van der Waals surface area contributed by atoms with Gasteiger partial charge in [-0.1, -0.05) is 6.07 Å². The molecule has 1 aliphatic rings. The number of benzene rings is 1. The van der Waals surface area contributed by atoms with Gasteiger partial charge in [-0.2, -0.15) is 0 Å². The Bertz CT molecular complexity index is 804. The number of pyridine rings is 1. The highest BCUT2D eigenvalue weighted by Crippen LogP contribution is 2.27. The van der Waals surface area contributed by atoms with Crippen LogP contribution in [0.4, 0.5) is 10.1 Å². The molecule has 0 amide bonds. The SMILES string of the molecule is CC1NNC(C)C1S(=O)(=O)N(Cc1cccnc1)c1ccc(F)cc1. The summed E-state index contributed by atoms with van der Waals surface area (Å²) in [7, 11) is -3.71. The van der Waals surface area contributed by atoms with Gasteiger partial charge in [0.25, 0.3) is 0 Å². The van der Waals surface area contributed by atoms with E-state index in [1.807, 2.05) is 19.9 Å². The lowest BCUT2D eigenvalue weighted by Gasteiger charge is -2.30. The lowest BCUT2D eigenvalue weighted by Crippen LogP contribution is -2.46. The van der Waals surface area contributed by atoms with Gasteiger partial charge in [-0.3, -0.25) is 20.1 Å². The molecule has 0 saturated carbocycles. The average Bonchev–Trinajstić information content (AvgIpc) is 2.94. The number of rotatable bonds is 5. The van der Waals surface area contributed by atoms with Crippen LogP contribution in [0.15, 0.2) is 48.8 Å². The third kappa shape index (κ3) is 3.65. The monoisotopic (exact) mass is 364 g/mol. The van der Waals surface area contributed by atoms with Gasteiger partial charge in [0.1, 0.15) is 11.1 Å². The van der Waals surface area contributed by atoms with Gasteiger partial charge >= 0.3 is 0 Å². The van der Waals surface area contributed by atoms with Crippen LogP contribution in [0.25, 0.3) is 0 Å². The van der Waals surface area contributed by atoms with Crippen LogP contribution in [0.2, 0.25) is 0 Å². The molecule has 0 aliphatic carbocycles. The molecular formula is C17H21FN4O2S. The van der Waals surface area contributed by atoms with Crippen molar-refractivity contribution in [2.24, 2.45) is 0 Å². The first kappa shape index (κ1) is 17.8. The van der Waals surface area contributed by atoms with E-state index in [-0.39, 0.29) is 18.6 Å². The molecule has 8 heteroatoms. The van der Waals surface area contributed by atoms with Crippen LogP contribution in [0.3, 0.4) is 0 Å². The third-order valence-electron chi connectivity index (χ3n) is 4.34. The Balaban J connectivity index is 2.02. The molecule has 2 N–H and O–H groups in total. The summed E-state index contributed by atoms with van der Waals surface area (Å²) in [6, 6.07) is 8.56. The van der Waals surface area contributed by atoms with E-state index < -0.39 is 21.1 Å². The molecule has 0 radical (unpaired) electrons. The summed E-state index contributed by atoms with van der Waals surface area (Å²) in [6.07, 6.45) is 3.26. The van der Waals surface area contributed by atoms with Crippen molar-refractivity contribution in [3.8, 4) is 0 Å². The maximum atomic E-state index is 13.4. The number of aromatic nitrogens is 1. The van der Waals surface area contributed by atoms with Crippen molar-refractivity contribution in [3.05, 3.63) is 60.2 Å². The summed E-state index contributed by atoms with van der Waals surface area (Å²) in [4.78, 5) is 4.05. The first-order valence-electron chi connectivity index (χ1n) is 8.06. The van der Waals surface area contributed by atoms with Crippen molar-refractivity contribution >= 4 is 15.7 Å². The highest BCUT2D eigenvalue weighted by atomic mass is 32.2. The van der Waals surface area contributed by atoms with E-state index >= 15 is 0 Å². The Kier molecular flexibility index (Phi) is 5.03. The van der Waals surface area contributed by atoms with Crippen molar-refractivity contribution in [2.45, 2.75) is 37.7 Å². The number of hydrazine groups is 1. The van der Waals surface area contributed by atoms with E-state index in [1.54, 1.807) is 18.5 Å². The minimum Gasteiger partial charge on any atom is -0.265 e. The minimum absolute atomic E-state index is 0.137. The van der Waals surface area contributed by atoms with Crippen molar-refractivity contribution in [2.75, 3.05) is 4.31 Å². The van der Waals surface area contributed by atoms with E-state index in [2.05, 4.69) is 15.8 Å². The minimum atomic E-state index is -3.71. The smallest absolute Gasteiger partial charge is 0.241 e. The topological polar surface area (TPSA) is 74.3 Å². The van der Waals surface area contributed by atoms with Gasteiger partial charge in [0, 0.05) is 24.5 Å². The summed E-state index contributed by atoms with van der Waals surface area (Å²) in [5.41, 5.74) is 7.14. The number of anilines is 1. The Morgan fingerprint density at radius 3 is 2.32 bits per heavy atom. The third-order valence-corrected chi connectivity index (χ3v) is 6.80. The molecule has 134 valence electrons. The van der Waals surface area contributed by atoms with Crippen LogP contribution in [-0.4, -0.2) is 30.7 Å². The summed E-state index contributed by atoms with van der Waals surface area (Å²) in [5, 5.41) is -0.644. The van der Waals surface area contributed by atoms with Gasteiger partial charge in [0.2, 0.25) is 10.0 Å². The normalized spacial score (nSPS) is 23.6. The zero-order valence-corrected chi connectivity index (χ0v) is 14.9. The molecule has 0 spiro atoms. The Morgan fingerprint density at radius 1 is 1.12 bits per heavy atom. The molecule has 2 unspecified atom stereocenters. The maximum absolute atomic E-state index is 13.4. The maximum Gasteiger partial charge on any atom is 0.241 e. The van der Waals surface area contributed by atoms with E-state index in [1.165, 1.54) is 28.6 Å². The Labute approximate surface area is 147 Å². The molecule has 0 bridgehead atoms. The largest absolute Gasteiger partial charge is 0.265 e. The molecule has 1 aromatic heterocycles. The van der Waals surface area contributed by atoms with Crippen molar-refractivity contribution < 1.29 is 12.8 Å². The van der Waals surface area contributed by atoms with Crippen LogP contribution in [0, 0.1) is 5.82 Å². The van der Waals surface area contributed by atoms with Gasteiger partial charge < -0.3 is 0 Å². The second-order valence-corrected chi connectivity index (χ2v) is 8.23. The number of halogens is 1. The second kappa shape index (κ2) is 7.07. The quantitative estimate of drug-likeness (QED) is 0.846. The Morgan fingerprint density at radius 2 is 1.76 bits per heavy atom. The van der Waals surface area contributed by atoms with Crippen LogP contribution < -0.4 is 15.2 Å². The molecular weight excluding hydrogens is 343 g/mol. The standard InChI is InChI=1S/C17H21FN4O2S/c1-12-17(13(2)21-20-12)25(23,24)22(11-14-4-3-9-19-10-14)16-7-5-15(18)6-8-16/h3-10,12-13,17,20-21H,11H2,1-2H3. The van der Waals surface area contributed by atoms with Crippen molar-refractivity contribution in [1.29, 1.82) is 0 Å². The van der Waals surface area contributed by atoms with Gasteiger partial charge in [-0.25, -0.2) is 12.8 Å². The van der Waals surface area contributed by atoms with Crippen LogP contribution in [0.5, 0.6) is 0 Å². The number of nitrogens with one attached hydrogen (secondary N) is 2. The van der Waals surface area contributed by atoms with Gasteiger partial charge in [-0.15, -0.1) is 0 Å². The zero-order valence-electron chi connectivity index (χ0n) is 14.1. The molecule has 1 aromatic carbocycles. The van der Waals surface area contributed by atoms with Crippen LogP contribution in [0.1, 0.15) is 19.4 Å². The summed E-state index contributed by atoms with van der Waals surface area (Å²) in [6.45, 7) is 3.79. The van der Waals surface area contributed by atoms with Gasteiger partial charge in [0.05, 0.1) is 12.2 Å². The van der Waals surface area contributed by atoms with E-state index in [4.69, 9.17) is 0 Å². The predicted molar refractivity (Wildman–Crippen MR) is 94.7 cm³/mol. The first-order valence-corrected chi connectivity index (χ1v) is 9.57. The molecule has 3 rings (SSSR count). The second-order valence-electron chi connectivity index (χ2n) is 6.22. The molecule has 6 nitrogen and oxygen atoms in total. The fourth-order valence-corrected chi connectivity index (χ4v) is 5.32. The van der Waals surface area contributed by atoms with E-state index in [9.17, 15) is 12.8 Å². The summed E-state index contributed by atoms with van der Waals surface area (Å²) < 4.78 is 41.4. The van der Waals surface area contributed by atoms with Gasteiger partial charge in [-0.05, 0) is 49.7 Å². The molecule has 1 aliphatic heterocycles. The van der Waals surface area contributed by atoms with Crippen molar-refractivity contribution in [3.63, 3.8) is 0 Å². The lowest BCUT2D eigenvalue weighted by molar-refractivity contribution is 0.553. The molecule has 1 fully saturated rings. The predicted octanol–water partition coefficient (Wildman–Crippen LogP) is 1.81. The molecule has 2 aromatic rings. The highest BCUT2D eigenvalue weighted by molar-refractivity contribution is 7.93. The number of hydrogen-bond donors (Lipinski definition) is 2. The number of hydrogen-bond acceptors (Lipinski definition) is 5. The Hall–Kier alpha value is -2.03. The first-order chi connectivity index (χ1) is 11.9. The highest BCUT2D eigenvalue weighted by Gasteiger charge is 2.43. The lowest BCUT2D eigenvalue weighted by atomic mass is 10.2. The van der Waals surface area contributed by atoms with E-state index in [0.29, 0.717) is 5.69 Å². The van der Waals surface area contributed by atoms with Crippen LogP contribution in [-0.2, 0) is 16.6 Å². The average molecular weight is 364 g/mol. The van der Waals surface area contributed by atoms with Crippen LogP contribution >= 0.6 is 0 Å². The fraction of sp³-hybridized carbons (Fsp3) is 0.353. The molecule has 2 atom stereocenters. The fourth-order valence-electron chi connectivity index (χ4n) is 3.12. The van der Waals surface area contributed by atoms with E-state index in [0.717, 1.165) is 5.56 Å². The number of nitrogens with zero attached hydrogens (tertiary/aromatic N) is 2. The zero-order chi connectivity index (χ0) is 18.0. The molecule has 1 saturated heterocycles. The molecule has 2 heterocycles. The summed E-state index contributed by atoms with van der Waals surface area (Å²) >= 11 is 0. The number of sulfonamides is 1. The summed E-state index contributed by atoms with van der Waals surface area (Å²) in [5.74, 6) is -0.409.